The van der Waals surface area contributed by atoms with Gasteiger partial charge in [0.25, 0.3) is 11.8 Å². The fourth-order valence-corrected chi connectivity index (χ4v) is 2.91. The van der Waals surface area contributed by atoms with Gasteiger partial charge in [-0.05, 0) is 6.08 Å². The first-order chi connectivity index (χ1) is 12.3. The molecule has 2 amide bonds. The van der Waals surface area contributed by atoms with E-state index in [0.29, 0.717) is 5.56 Å². The number of aryl methyl sites for hydroxylation is 1. The van der Waals surface area contributed by atoms with Crippen molar-refractivity contribution in [2.45, 2.75) is 18.4 Å². The summed E-state index contributed by atoms with van der Waals surface area (Å²) in [6, 6.07) is -0.818. The molecule has 0 spiro atoms. The molecule has 2 aromatic rings. The van der Waals surface area contributed by atoms with E-state index >= 15 is 0 Å². The average Bonchev–Trinajstić information content (AvgIpc) is 3.29. The first-order valence-electron chi connectivity index (χ1n) is 7.83. The Labute approximate surface area is 147 Å². The zero-order valence-electron chi connectivity index (χ0n) is 14.0. The van der Waals surface area contributed by atoms with Crippen LogP contribution in [0, 0.1) is 0 Å². The second-order valence-corrected chi connectivity index (χ2v) is 6.07. The van der Waals surface area contributed by atoms with Crippen molar-refractivity contribution in [1.29, 1.82) is 0 Å². The Hall–Kier alpha value is -3.04. The van der Waals surface area contributed by atoms with Crippen molar-refractivity contribution in [2.24, 2.45) is 7.05 Å². The molecule has 8 nitrogen and oxygen atoms in total. The Bertz CT molecular complexity index is 845. The summed E-state index contributed by atoms with van der Waals surface area (Å²) in [5.74, 6) is -3.90. The number of amides is 2. The van der Waals surface area contributed by atoms with Crippen molar-refractivity contribution < 1.29 is 22.9 Å². The van der Waals surface area contributed by atoms with E-state index in [4.69, 9.17) is 4.52 Å². The van der Waals surface area contributed by atoms with Gasteiger partial charge in [0.2, 0.25) is 5.91 Å². The van der Waals surface area contributed by atoms with Gasteiger partial charge in [-0.2, -0.15) is 5.10 Å². The lowest BCUT2D eigenvalue weighted by atomic mass is 10.1. The van der Waals surface area contributed by atoms with Crippen LogP contribution in [0.3, 0.4) is 0 Å². The van der Waals surface area contributed by atoms with Crippen LogP contribution in [0.4, 0.5) is 8.78 Å². The van der Waals surface area contributed by atoms with Crippen LogP contribution in [0.5, 0.6) is 0 Å². The molecule has 0 aliphatic carbocycles. The first kappa shape index (κ1) is 17.8. The Balaban J connectivity index is 1.70. The molecule has 0 aromatic carbocycles. The van der Waals surface area contributed by atoms with Gasteiger partial charge in [-0.3, -0.25) is 14.3 Å². The molecule has 26 heavy (non-hydrogen) atoms. The number of hydrogen-bond acceptors (Lipinski definition) is 5. The number of rotatable bonds is 5. The lowest BCUT2D eigenvalue weighted by Crippen LogP contribution is -2.42. The summed E-state index contributed by atoms with van der Waals surface area (Å²) in [6.07, 6.45) is 4.87. The molecule has 1 aliphatic heterocycles. The van der Waals surface area contributed by atoms with Gasteiger partial charge in [-0.25, -0.2) is 8.78 Å². The number of carbonyl (C=O) groups excluding carboxylic acids is 2. The lowest BCUT2D eigenvalue weighted by Gasteiger charge is -2.22. The normalized spacial score (nSPS) is 18.7. The summed E-state index contributed by atoms with van der Waals surface area (Å²) in [6.45, 7) is 2.51. The second kappa shape index (κ2) is 6.70. The topological polar surface area (TPSA) is 93.3 Å². The third-order valence-corrected chi connectivity index (χ3v) is 4.11. The lowest BCUT2D eigenvalue weighted by molar-refractivity contribution is -0.127. The first-order valence-corrected chi connectivity index (χ1v) is 7.83. The highest BCUT2D eigenvalue weighted by atomic mass is 19.3. The van der Waals surface area contributed by atoms with Gasteiger partial charge in [-0.1, -0.05) is 11.7 Å². The van der Waals surface area contributed by atoms with Gasteiger partial charge >= 0.3 is 0 Å². The van der Waals surface area contributed by atoms with Gasteiger partial charge in [0.1, 0.15) is 5.56 Å². The van der Waals surface area contributed by atoms with E-state index in [1.807, 2.05) is 0 Å². The van der Waals surface area contributed by atoms with Crippen molar-refractivity contribution >= 4 is 11.8 Å². The van der Waals surface area contributed by atoms with E-state index in [1.54, 1.807) is 17.9 Å². The Morgan fingerprint density at radius 1 is 1.50 bits per heavy atom. The maximum Gasteiger partial charge on any atom is 0.267 e. The zero-order chi connectivity index (χ0) is 18.9. The molecule has 2 aromatic heterocycles. The Kier molecular flexibility index (Phi) is 4.58. The molecular weight excluding hydrogens is 348 g/mol. The minimum atomic E-state index is -2.99. The quantitative estimate of drug-likeness (QED) is 0.805. The van der Waals surface area contributed by atoms with E-state index < -0.39 is 36.7 Å². The second-order valence-electron chi connectivity index (χ2n) is 6.07. The van der Waals surface area contributed by atoms with Gasteiger partial charge in [0, 0.05) is 26.2 Å². The van der Waals surface area contributed by atoms with Crippen LogP contribution in [0.1, 0.15) is 16.8 Å². The van der Waals surface area contributed by atoms with Crippen LogP contribution in [-0.4, -0.2) is 56.7 Å². The Morgan fingerprint density at radius 2 is 2.27 bits per heavy atom. The number of nitrogens with zero attached hydrogens (tertiary/aromatic N) is 4. The minimum absolute atomic E-state index is 0.119. The third kappa shape index (κ3) is 3.48. The van der Waals surface area contributed by atoms with Crippen molar-refractivity contribution in [3.8, 4) is 11.3 Å². The van der Waals surface area contributed by atoms with E-state index in [1.165, 1.54) is 12.4 Å². The van der Waals surface area contributed by atoms with Crippen LogP contribution in [0.25, 0.3) is 11.3 Å². The van der Waals surface area contributed by atoms with Crippen LogP contribution in [0.15, 0.2) is 35.8 Å². The van der Waals surface area contributed by atoms with Crippen molar-refractivity contribution in [3.05, 3.63) is 36.8 Å². The molecule has 3 heterocycles. The molecule has 1 aliphatic rings. The standard InChI is InChI=1S/C16H17F2N5O3/c1-3-13(24)23-9-16(17,18)4-11(23)6-19-15(25)12-7-21-26-14(12)10-5-20-22(2)8-10/h3,5,7-8,11H,1,4,6,9H2,2H3,(H,19,25)/t11-/m0/s1. The summed E-state index contributed by atoms with van der Waals surface area (Å²) in [4.78, 5) is 25.2. The van der Waals surface area contributed by atoms with Crippen molar-refractivity contribution in [2.75, 3.05) is 13.1 Å². The SMILES string of the molecule is C=CC(=O)N1CC(F)(F)C[C@H]1CNC(=O)c1cnoc1-c1cnn(C)c1. The molecule has 10 heteroatoms. The molecule has 3 rings (SSSR count). The molecule has 0 saturated carbocycles. The predicted octanol–water partition coefficient (Wildman–Crippen LogP) is 1.23. The highest BCUT2D eigenvalue weighted by Crippen LogP contribution is 2.32. The van der Waals surface area contributed by atoms with Crippen molar-refractivity contribution in [1.82, 2.24) is 25.2 Å². The van der Waals surface area contributed by atoms with E-state index in [0.717, 1.165) is 11.0 Å². The van der Waals surface area contributed by atoms with Crippen LogP contribution in [0.2, 0.25) is 0 Å². The molecule has 0 bridgehead atoms. The highest BCUT2D eigenvalue weighted by Gasteiger charge is 2.46. The molecule has 138 valence electrons. The maximum atomic E-state index is 13.7. The number of alkyl halides is 2. The summed E-state index contributed by atoms with van der Waals surface area (Å²) < 4.78 is 33.9. The summed E-state index contributed by atoms with van der Waals surface area (Å²) in [5.41, 5.74) is 0.718. The van der Waals surface area contributed by atoms with Gasteiger partial charge < -0.3 is 14.7 Å². The molecule has 1 saturated heterocycles. The number of nitrogens with one attached hydrogen (secondary N) is 1. The summed E-state index contributed by atoms with van der Waals surface area (Å²) in [5, 5.41) is 10.2. The maximum absolute atomic E-state index is 13.7. The number of hydrogen-bond donors (Lipinski definition) is 1. The van der Waals surface area contributed by atoms with E-state index in [-0.39, 0.29) is 17.9 Å². The van der Waals surface area contributed by atoms with Crippen LogP contribution < -0.4 is 5.32 Å². The fourth-order valence-electron chi connectivity index (χ4n) is 2.91. The van der Waals surface area contributed by atoms with Crippen molar-refractivity contribution in [3.63, 3.8) is 0 Å². The van der Waals surface area contributed by atoms with E-state index in [2.05, 4.69) is 22.2 Å². The van der Waals surface area contributed by atoms with Gasteiger partial charge in [0.05, 0.1) is 30.5 Å². The third-order valence-electron chi connectivity index (χ3n) is 4.11. The Morgan fingerprint density at radius 3 is 2.92 bits per heavy atom. The smallest absolute Gasteiger partial charge is 0.267 e. The zero-order valence-corrected chi connectivity index (χ0v) is 14.0. The van der Waals surface area contributed by atoms with Crippen LogP contribution in [-0.2, 0) is 11.8 Å². The average molecular weight is 365 g/mol. The minimum Gasteiger partial charge on any atom is -0.355 e. The molecule has 1 atom stereocenters. The molecule has 1 N–H and O–H groups in total. The fraction of sp³-hybridized carbons (Fsp3) is 0.375. The van der Waals surface area contributed by atoms with E-state index in [9.17, 15) is 18.4 Å². The predicted molar refractivity (Wildman–Crippen MR) is 86.3 cm³/mol. The molecule has 0 unspecified atom stereocenters. The molecule has 0 radical (unpaired) electrons. The highest BCUT2D eigenvalue weighted by molar-refractivity contribution is 5.99. The number of carbonyl (C=O) groups is 2. The number of aromatic nitrogens is 3. The largest absolute Gasteiger partial charge is 0.355 e. The van der Waals surface area contributed by atoms with Gasteiger partial charge in [0.15, 0.2) is 5.76 Å². The summed E-state index contributed by atoms with van der Waals surface area (Å²) >= 11 is 0. The summed E-state index contributed by atoms with van der Waals surface area (Å²) in [7, 11) is 1.71. The molecular formula is C16H17F2N5O3. The monoisotopic (exact) mass is 365 g/mol. The van der Waals surface area contributed by atoms with Crippen LogP contribution >= 0.6 is 0 Å². The number of halogens is 2. The number of likely N-dealkylation sites (tertiary alicyclic amines) is 1. The van der Waals surface area contributed by atoms with Gasteiger partial charge in [-0.15, -0.1) is 0 Å². The molecule has 1 fully saturated rings.